The highest BCUT2D eigenvalue weighted by Crippen LogP contribution is 2.25. The first-order valence-electron chi connectivity index (χ1n) is 9.56. The number of sulfonamides is 1. The zero-order valence-corrected chi connectivity index (χ0v) is 16.4. The number of anilines is 1. The molecule has 4 rings (SSSR count). The van der Waals surface area contributed by atoms with Gasteiger partial charge in [-0.2, -0.15) is 4.31 Å². The number of nitrogens with one attached hydrogen (secondary N) is 1. The van der Waals surface area contributed by atoms with Crippen molar-refractivity contribution in [3.63, 3.8) is 0 Å². The van der Waals surface area contributed by atoms with Crippen LogP contribution in [-0.4, -0.2) is 36.3 Å². The Kier molecular flexibility index (Phi) is 5.07. The van der Waals surface area contributed by atoms with E-state index >= 15 is 0 Å². The van der Waals surface area contributed by atoms with Crippen LogP contribution in [0.3, 0.4) is 0 Å². The number of rotatable bonds is 5. The van der Waals surface area contributed by atoms with E-state index in [0.717, 1.165) is 36.7 Å². The molecule has 0 bridgehead atoms. The Hall–Kier alpha value is -2.45. The number of hydrogen-bond donors (Lipinski definition) is 1. The van der Waals surface area contributed by atoms with Crippen molar-refractivity contribution < 1.29 is 13.2 Å². The summed E-state index contributed by atoms with van der Waals surface area (Å²) in [6.45, 7) is 0.736. The molecule has 1 N–H and O–H groups in total. The van der Waals surface area contributed by atoms with E-state index in [2.05, 4.69) is 5.32 Å². The Labute approximate surface area is 164 Å². The van der Waals surface area contributed by atoms with Crippen LogP contribution in [0.4, 0.5) is 5.69 Å². The molecule has 2 heterocycles. The van der Waals surface area contributed by atoms with Gasteiger partial charge in [0, 0.05) is 31.0 Å². The minimum atomic E-state index is -3.64. The number of aromatic nitrogens is 1. The zero-order valence-electron chi connectivity index (χ0n) is 15.6. The summed E-state index contributed by atoms with van der Waals surface area (Å²) in [7, 11) is -3.64. The van der Waals surface area contributed by atoms with Crippen LogP contribution < -0.4 is 10.9 Å². The Morgan fingerprint density at radius 3 is 2.54 bits per heavy atom. The van der Waals surface area contributed by atoms with Gasteiger partial charge in [0.05, 0.1) is 4.90 Å². The second kappa shape index (κ2) is 7.52. The molecule has 2 aliphatic rings. The SMILES string of the molecule is O=C(Cn1cc(S(=O)(=O)N2CCCC2)ccc1=O)Nc1ccc2c(c1)CCC2. The van der Waals surface area contributed by atoms with E-state index in [-0.39, 0.29) is 17.3 Å². The molecule has 1 saturated heterocycles. The van der Waals surface area contributed by atoms with Gasteiger partial charge in [0.25, 0.3) is 5.56 Å². The fourth-order valence-corrected chi connectivity index (χ4v) is 5.41. The molecule has 7 nitrogen and oxygen atoms in total. The first-order chi connectivity index (χ1) is 13.4. The number of benzene rings is 1. The van der Waals surface area contributed by atoms with Gasteiger partial charge in [-0.25, -0.2) is 8.42 Å². The highest BCUT2D eigenvalue weighted by Gasteiger charge is 2.27. The van der Waals surface area contributed by atoms with Gasteiger partial charge in [0.2, 0.25) is 15.9 Å². The average molecular weight is 401 g/mol. The van der Waals surface area contributed by atoms with Crippen LogP contribution in [-0.2, 0) is 34.2 Å². The Morgan fingerprint density at radius 1 is 1.00 bits per heavy atom. The first kappa shape index (κ1) is 18.9. The number of aryl methyl sites for hydroxylation is 2. The normalized spacial score (nSPS) is 16.9. The molecule has 0 unspecified atom stereocenters. The van der Waals surface area contributed by atoms with Gasteiger partial charge < -0.3 is 9.88 Å². The molecule has 0 saturated carbocycles. The van der Waals surface area contributed by atoms with E-state index in [4.69, 9.17) is 0 Å². The predicted molar refractivity (Wildman–Crippen MR) is 106 cm³/mol. The third kappa shape index (κ3) is 3.74. The van der Waals surface area contributed by atoms with Gasteiger partial charge in [-0.3, -0.25) is 9.59 Å². The van der Waals surface area contributed by atoms with E-state index in [1.54, 1.807) is 0 Å². The molecule has 8 heteroatoms. The molecule has 0 spiro atoms. The van der Waals surface area contributed by atoms with E-state index in [1.165, 1.54) is 33.8 Å². The predicted octanol–water partition coefficient (Wildman–Crippen LogP) is 1.76. The Balaban J connectivity index is 1.51. The van der Waals surface area contributed by atoms with Crippen LogP contribution in [0.5, 0.6) is 0 Å². The monoisotopic (exact) mass is 401 g/mol. The molecule has 2 aromatic rings. The van der Waals surface area contributed by atoms with Gasteiger partial charge in [0.1, 0.15) is 6.54 Å². The summed E-state index contributed by atoms with van der Waals surface area (Å²) >= 11 is 0. The number of nitrogens with zero attached hydrogens (tertiary/aromatic N) is 2. The third-order valence-corrected chi connectivity index (χ3v) is 7.24. The number of pyridine rings is 1. The smallest absolute Gasteiger partial charge is 0.251 e. The lowest BCUT2D eigenvalue weighted by Crippen LogP contribution is -2.31. The lowest BCUT2D eigenvalue weighted by Gasteiger charge is -2.16. The van der Waals surface area contributed by atoms with Crippen LogP contribution in [0, 0.1) is 0 Å². The summed E-state index contributed by atoms with van der Waals surface area (Å²) in [6, 6.07) is 8.36. The first-order valence-corrected chi connectivity index (χ1v) is 11.0. The maximum Gasteiger partial charge on any atom is 0.251 e. The van der Waals surface area contributed by atoms with Crippen molar-refractivity contribution in [2.24, 2.45) is 0 Å². The van der Waals surface area contributed by atoms with Gasteiger partial charge in [-0.05, 0) is 61.4 Å². The van der Waals surface area contributed by atoms with E-state index in [0.29, 0.717) is 18.8 Å². The summed E-state index contributed by atoms with van der Waals surface area (Å²) in [5.41, 5.74) is 2.84. The van der Waals surface area contributed by atoms with Crippen LogP contribution >= 0.6 is 0 Å². The topological polar surface area (TPSA) is 88.5 Å². The van der Waals surface area contributed by atoms with Crippen molar-refractivity contribution in [3.05, 3.63) is 58.0 Å². The van der Waals surface area contributed by atoms with E-state index in [9.17, 15) is 18.0 Å². The lowest BCUT2D eigenvalue weighted by atomic mass is 10.1. The van der Waals surface area contributed by atoms with Gasteiger partial charge in [0.15, 0.2) is 0 Å². The van der Waals surface area contributed by atoms with Gasteiger partial charge in [-0.15, -0.1) is 0 Å². The fraction of sp³-hybridized carbons (Fsp3) is 0.400. The lowest BCUT2D eigenvalue weighted by molar-refractivity contribution is -0.116. The largest absolute Gasteiger partial charge is 0.325 e. The minimum Gasteiger partial charge on any atom is -0.325 e. The van der Waals surface area contributed by atoms with Crippen molar-refractivity contribution >= 4 is 21.6 Å². The molecular formula is C20H23N3O4S. The highest BCUT2D eigenvalue weighted by atomic mass is 32.2. The van der Waals surface area contributed by atoms with Crippen LogP contribution in [0.15, 0.2) is 46.2 Å². The molecule has 0 atom stereocenters. The van der Waals surface area contributed by atoms with Crippen molar-refractivity contribution in [2.45, 2.75) is 43.5 Å². The second-order valence-corrected chi connectivity index (χ2v) is 9.27. The van der Waals surface area contributed by atoms with Crippen molar-refractivity contribution in [3.8, 4) is 0 Å². The van der Waals surface area contributed by atoms with Crippen molar-refractivity contribution in [1.29, 1.82) is 0 Å². The fourth-order valence-electron chi connectivity index (χ4n) is 3.87. The van der Waals surface area contributed by atoms with Crippen molar-refractivity contribution in [1.82, 2.24) is 8.87 Å². The molecule has 28 heavy (non-hydrogen) atoms. The molecule has 1 amide bonds. The number of amides is 1. The molecule has 148 valence electrons. The quantitative estimate of drug-likeness (QED) is 0.827. The summed E-state index contributed by atoms with van der Waals surface area (Å²) < 4.78 is 27.9. The Bertz CT molecular complexity index is 1070. The standard InChI is InChI=1S/C20H23N3O4S/c24-19(21-17-7-6-15-4-3-5-16(15)12-17)14-22-13-18(8-9-20(22)25)28(26,27)23-10-1-2-11-23/h6-9,12-13H,1-5,10-11,14H2,(H,21,24). The molecule has 1 aromatic carbocycles. The number of hydrogen-bond acceptors (Lipinski definition) is 4. The maximum atomic E-state index is 12.7. The molecule has 1 aliphatic carbocycles. The number of carbonyl (C=O) groups excluding carboxylic acids is 1. The van der Waals surface area contributed by atoms with Crippen molar-refractivity contribution in [2.75, 3.05) is 18.4 Å². The molecule has 1 aliphatic heterocycles. The van der Waals surface area contributed by atoms with Crippen LogP contribution in [0.1, 0.15) is 30.4 Å². The third-order valence-electron chi connectivity index (χ3n) is 5.36. The summed E-state index contributed by atoms with van der Waals surface area (Å²) in [5, 5.41) is 2.80. The Morgan fingerprint density at radius 2 is 1.75 bits per heavy atom. The average Bonchev–Trinajstić information content (AvgIpc) is 3.34. The minimum absolute atomic E-state index is 0.0410. The summed E-state index contributed by atoms with van der Waals surface area (Å²) in [4.78, 5) is 24.6. The second-order valence-electron chi connectivity index (χ2n) is 7.33. The summed E-state index contributed by atoms with van der Waals surface area (Å²) in [6.07, 6.45) is 6.13. The zero-order chi connectivity index (χ0) is 19.7. The van der Waals surface area contributed by atoms with E-state index < -0.39 is 15.6 Å². The van der Waals surface area contributed by atoms with Gasteiger partial charge in [-0.1, -0.05) is 6.07 Å². The molecular weight excluding hydrogens is 378 g/mol. The number of fused-ring (bicyclic) bond motifs is 1. The van der Waals surface area contributed by atoms with Crippen LogP contribution in [0.2, 0.25) is 0 Å². The van der Waals surface area contributed by atoms with Crippen LogP contribution in [0.25, 0.3) is 0 Å². The highest BCUT2D eigenvalue weighted by molar-refractivity contribution is 7.89. The van der Waals surface area contributed by atoms with E-state index in [1.807, 2.05) is 18.2 Å². The molecule has 0 radical (unpaired) electrons. The van der Waals surface area contributed by atoms with Gasteiger partial charge >= 0.3 is 0 Å². The molecule has 1 aromatic heterocycles. The number of carbonyl (C=O) groups is 1. The summed E-state index contributed by atoms with van der Waals surface area (Å²) in [5.74, 6) is -0.365. The maximum absolute atomic E-state index is 12.7. The molecule has 1 fully saturated rings.